The fourth-order valence-corrected chi connectivity index (χ4v) is 5.22. The van der Waals surface area contributed by atoms with E-state index in [-0.39, 0.29) is 11.7 Å². The smallest absolute Gasteiger partial charge is 0.229 e. The lowest BCUT2D eigenvalue weighted by molar-refractivity contribution is -0.146. The Kier molecular flexibility index (Phi) is 6.79. The monoisotopic (exact) mass is 438 g/mol. The van der Waals surface area contributed by atoms with Gasteiger partial charge in [0.15, 0.2) is 0 Å². The molecule has 2 aliphatic heterocycles. The molecule has 2 saturated heterocycles. The molecule has 0 saturated carbocycles. The van der Waals surface area contributed by atoms with E-state index in [0.717, 1.165) is 57.7 Å². The van der Waals surface area contributed by atoms with Gasteiger partial charge in [0, 0.05) is 39.3 Å². The predicted molar refractivity (Wildman–Crippen MR) is 126 cm³/mol. The highest BCUT2D eigenvalue weighted by atomic mass is 19.1. The van der Waals surface area contributed by atoms with Gasteiger partial charge in [0.1, 0.15) is 11.6 Å². The van der Waals surface area contributed by atoms with Crippen LogP contribution in [0.3, 0.4) is 0 Å². The van der Waals surface area contributed by atoms with Gasteiger partial charge in [-0.25, -0.2) is 9.37 Å². The number of anilines is 1. The zero-order chi connectivity index (χ0) is 22.7. The first-order valence-electron chi connectivity index (χ1n) is 11.7. The third-order valence-corrected chi connectivity index (χ3v) is 7.29. The Morgan fingerprint density at radius 2 is 1.94 bits per heavy atom. The maximum atomic E-state index is 14.5. The minimum atomic E-state index is -0.524. The minimum Gasteiger partial charge on any atom is -0.363 e. The Morgan fingerprint density at radius 1 is 1.19 bits per heavy atom. The summed E-state index contributed by atoms with van der Waals surface area (Å²) < 4.78 is 14.5. The number of amides is 1. The summed E-state index contributed by atoms with van der Waals surface area (Å²) in [4.78, 5) is 24.8. The number of benzene rings is 1. The number of pyridine rings is 1. The van der Waals surface area contributed by atoms with Gasteiger partial charge in [-0.1, -0.05) is 18.2 Å². The molecule has 1 amide bonds. The van der Waals surface area contributed by atoms with E-state index < -0.39 is 5.41 Å². The molecular formula is C26H35FN4O. The summed E-state index contributed by atoms with van der Waals surface area (Å²) in [5, 5.41) is 0. The lowest BCUT2D eigenvalue weighted by Crippen LogP contribution is -2.52. The van der Waals surface area contributed by atoms with Crippen molar-refractivity contribution in [1.82, 2.24) is 14.8 Å². The largest absolute Gasteiger partial charge is 0.363 e. The molecule has 3 heterocycles. The molecule has 5 nitrogen and oxygen atoms in total. The highest BCUT2D eigenvalue weighted by Gasteiger charge is 2.44. The summed E-state index contributed by atoms with van der Waals surface area (Å²) in [6.45, 7) is 3.25. The standard InChI is InChI=1S/C26H35FN4O/c1-29(2)24-17-20(10-13-28-24)22-8-6-14-31(19-22)25(32)26(11-15-30(3)16-12-26)18-21-7-4-5-9-23(21)27/h4-5,7,9-10,13,17,22H,6,8,11-12,14-16,18-19H2,1-3H3. The summed E-state index contributed by atoms with van der Waals surface area (Å²) in [5.41, 5.74) is 1.38. The van der Waals surface area contributed by atoms with E-state index in [9.17, 15) is 9.18 Å². The number of halogens is 1. The molecule has 0 spiro atoms. The molecule has 2 fully saturated rings. The average Bonchev–Trinajstić information content (AvgIpc) is 2.82. The van der Waals surface area contributed by atoms with Gasteiger partial charge in [0.05, 0.1) is 5.41 Å². The van der Waals surface area contributed by atoms with Gasteiger partial charge in [-0.15, -0.1) is 0 Å². The summed E-state index contributed by atoms with van der Waals surface area (Å²) in [6, 6.07) is 11.1. The molecule has 0 aliphatic carbocycles. The van der Waals surface area contributed by atoms with Crippen molar-refractivity contribution in [2.45, 2.75) is 38.0 Å². The predicted octanol–water partition coefficient (Wildman–Crippen LogP) is 3.95. The first kappa shape index (κ1) is 22.7. The van der Waals surface area contributed by atoms with Crippen molar-refractivity contribution < 1.29 is 9.18 Å². The van der Waals surface area contributed by atoms with Crippen molar-refractivity contribution in [3.63, 3.8) is 0 Å². The Balaban J connectivity index is 1.56. The van der Waals surface area contributed by atoms with Gasteiger partial charge in [-0.05, 0) is 81.6 Å². The van der Waals surface area contributed by atoms with Crippen molar-refractivity contribution in [3.05, 3.63) is 59.5 Å². The average molecular weight is 439 g/mol. The summed E-state index contributed by atoms with van der Waals surface area (Å²) >= 11 is 0. The number of carbonyl (C=O) groups is 1. The molecule has 1 aromatic carbocycles. The third kappa shape index (κ3) is 4.80. The SMILES string of the molecule is CN1CCC(Cc2ccccc2F)(C(=O)N2CCCC(c3ccnc(N(C)C)c3)C2)CC1. The van der Waals surface area contributed by atoms with Crippen LogP contribution in [0, 0.1) is 11.2 Å². The Morgan fingerprint density at radius 3 is 2.66 bits per heavy atom. The van der Waals surface area contributed by atoms with Crippen LogP contribution in [0.1, 0.15) is 42.7 Å². The quantitative estimate of drug-likeness (QED) is 0.709. The van der Waals surface area contributed by atoms with Gasteiger partial charge in [0.2, 0.25) is 5.91 Å². The number of likely N-dealkylation sites (tertiary alicyclic amines) is 2. The van der Waals surface area contributed by atoms with E-state index >= 15 is 0 Å². The topological polar surface area (TPSA) is 39.7 Å². The second-order valence-corrected chi connectivity index (χ2v) is 9.78. The molecule has 2 aromatic rings. The Hall–Kier alpha value is -2.47. The maximum Gasteiger partial charge on any atom is 0.229 e. The molecule has 32 heavy (non-hydrogen) atoms. The van der Waals surface area contributed by atoms with Gasteiger partial charge in [-0.3, -0.25) is 4.79 Å². The second kappa shape index (κ2) is 9.57. The fourth-order valence-electron chi connectivity index (χ4n) is 5.22. The van der Waals surface area contributed by atoms with Crippen LogP contribution in [-0.2, 0) is 11.2 Å². The number of carbonyl (C=O) groups excluding carboxylic acids is 1. The van der Waals surface area contributed by atoms with Gasteiger partial charge < -0.3 is 14.7 Å². The van der Waals surface area contributed by atoms with Crippen LogP contribution < -0.4 is 4.90 Å². The van der Waals surface area contributed by atoms with E-state index in [1.807, 2.05) is 37.3 Å². The van der Waals surface area contributed by atoms with Crippen molar-refractivity contribution in [2.24, 2.45) is 5.41 Å². The number of piperidine rings is 2. The number of nitrogens with zero attached hydrogens (tertiary/aromatic N) is 4. The summed E-state index contributed by atoms with van der Waals surface area (Å²) in [6.07, 6.45) is 5.96. The van der Waals surface area contributed by atoms with Crippen molar-refractivity contribution in [2.75, 3.05) is 52.2 Å². The number of aromatic nitrogens is 1. The van der Waals surface area contributed by atoms with E-state index in [1.165, 1.54) is 11.6 Å². The Labute approximate surface area is 191 Å². The van der Waals surface area contributed by atoms with Crippen LogP contribution in [0.15, 0.2) is 42.6 Å². The molecule has 6 heteroatoms. The fraction of sp³-hybridized carbons (Fsp3) is 0.538. The molecule has 1 atom stereocenters. The normalized spacial score (nSPS) is 21.4. The van der Waals surface area contributed by atoms with Crippen LogP contribution in [-0.4, -0.2) is 68.0 Å². The lowest BCUT2D eigenvalue weighted by atomic mass is 9.72. The van der Waals surface area contributed by atoms with Crippen LogP contribution in [0.25, 0.3) is 0 Å². The van der Waals surface area contributed by atoms with Crippen LogP contribution >= 0.6 is 0 Å². The van der Waals surface area contributed by atoms with Gasteiger partial charge in [-0.2, -0.15) is 0 Å². The van der Waals surface area contributed by atoms with E-state index in [1.54, 1.807) is 6.07 Å². The Bertz CT molecular complexity index is 939. The molecule has 1 unspecified atom stereocenters. The molecule has 172 valence electrons. The molecule has 1 aromatic heterocycles. The molecule has 4 rings (SSSR count). The first-order chi connectivity index (χ1) is 15.4. The minimum absolute atomic E-state index is 0.205. The second-order valence-electron chi connectivity index (χ2n) is 9.78. The third-order valence-electron chi connectivity index (χ3n) is 7.29. The van der Waals surface area contributed by atoms with Crippen LogP contribution in [0.5, 0.6) is 0 Å². The zero-order valence-corrected chi connectivity index (χ0v) is 19.6. The number of rotatable bonds is 5. The lowest BCUT2D eigenvalue weighted by Gasteiger charge is -2.44. The number of hydrogen-bond donors (Lipinski definition) is 0. The van der Waals surface area contributed by atoms with Crippen molar-refractivity contribution in [3.8, 4) is 0 Å². The molecule has 0 radical (unpaired) electrons. The summed E-state index contributed by atoms with van der Waals surface area (Å²) in [5.74, 6) is 1.26. The summed E-state index contributed by atoms with van der Waals surface area (Å²) in [7, 11) is 6.09. The molecule has 0 bridgehead atoms. The van der Waals surface area contributed by atoms with Gasteiger partial charge in [0.25, 0.3) is 0 Å². The van der Waals surface area contributed by atoms with Crippen LogP contribution in [0.2, 0.25) is 0 Å². The van der Waals surface area contributed by atoms with E-state index in [2.05, 4.69) is 34.0 Å². The van der Waals surface area contributed by atoms with Gasteiger partial charge >= 0.3 is 0 Å². The molecular weight excluding hydrogens is 403 g/mol. The highest BCUT2D eigenvalue weighted by molar-refractivity contribution is 5.83. The van der Waals surface area contributed by atoms with Crippen molar-refractivity contribution in [1.29, 1.82) is 0 Å². The van der Waals surface area contributed by atoms with Crippen molar-refractivity contribution >= 4 is 11.7 Å². The number of hydrogen-bond acceptors (Lipinski definition) is 4. The molecule has 0 N–H and O–H groups in total. The van der Waals surface area contributed by atoms with E-state index in [4.69, 9.17) is 0 Å². The maximum absolute atomic E-state index is 14.5. The van der Waals surface area contributed by atoms with Crippen LogP contribution in [0.4, 0.5) is 10.2 Å². The molecule has 2 aliphatic rings. The van der Waals surface area contributed by atoms with E-state index in [0.29, 0.717) is 17.9 Å². The first-order valence-corrected chi connectivity index (χ1v) is 11.7. The zero-order valence-electron chi connectivity index (χ0n) is 19.6. The highest BCUT2D eigenvalue weighted by Crippen LogP contribution is 2.39.